The average Bonchev–Trinajstić information content (AvgIpc) is 2.70. The molecule has 0 saturated heterocycles. The number of carbonyl (C=O) groups is 2. The van der Waals surface area contributed by atoms with E-state index in [2.05, 4.69) is 27.0 Å². The van der Waals surface area contributed by atoms with Gasteiger partial charge < -0.3 is 0 Å². The molecule has 0 radical (unpaired) electrons. The molecule has 0 aliphatic heterocycles. The predicted molar refractivity (Wildman–Crippen MR) is 122 cm³/mol. The van der Waals surface area contributed by atoms with Crippen molar-refractivity contribution in [3.05, 3.63) is 89.5 Å². The van der Waals surface area contributed by atoms with Crippen LogP contribution in [0.15, 0.2) is 78.4 Å². The molecule has 152 valence electrons. The molecule has 2 aromatic rings. The second-order valence-electron chi connectivity index (χ2n) is 7.86. The molecule has 29 heavy (non-hydrogen) atoms. The molecule has 0 atom stereocenters. The van der Waals surface area contributed by atoms with Gasteiger partial charge in [0, 0.05) is 0 Å². The minimum absolute atomic E-state index is 0.0711. The van der Waals surface area contributed by atoms with Crippen molar-refractivity contribution in [2.75, 3.05) is 6.61 Å². The van der Waals surface area contributed by atoms with E-state index < -0.39 is 18.4 Å². The van der Waals surface area contributed by atoms with Gasteiger partial charge in [0.15, 0.2) is 0 Å². The monoisotopic (exact) mass is 498 g/mol. The van der Waals surface area contributed by atoms with Crippen LogP contribution in [-0.4, -0.2) is 36.7 Å². The van der Waals surface area contributed by atoms with E-state index in [4.69, 9.17) is 4.74 Å². The number of benzene rings is 2. The Morgan fingerprint density at radius 3 is 1.86 bits per heavy atom. The first kappa shape index (κ1) is 23.1. The van der Waals surface area contributed by atoms with E-state index in [0.717, 1.165) is 11.1 Å². The molecule has 0 aliphatic rings. The maximum absolute atomic E-state index is 12.8. The first-order chi connectivity index (χ1) is 13.8. The van der Waals surface area contributed by atoms with Gasteiger partial charge in [-0.25, -0.2) is 0 Å². The number of carbonyl (C=O) groups excluding carboxylic acids is 2. The Morgan fingerprint density at radius 2 is 1.34 bits per heavy atom. The second kappa shape index (κ2) is 11.1. The molecule has 3 nitrogen and oxygen atoms in total. The van der Waals surface area contributed by atoms with Crippen molar-refractivity contribution in [1.82, 2.24) is 0 Å². The zero-order valence-corrected chi connectivity index (χ0v) is 20.6. The molecule has 0 fully saturated rings. The number of allylic oxidation sites excluding steroid dienone is 2. The minimum atomic E-state index is -2.66. The summed E-state index contributed by atoms with van der Waals surface area (Å²) in [6, 6.07) is 19.4. The van der Waals surface area contributed by atoms with Gasteiger partial charge in [-0.1, -0.05) is 0 Å². The Kier molecular flexibility index (Phi) is 8.90. The van der Waals surface area contributed by atoms with E-state index >= 15 is 0 Å². The van der Waals surface area contributed by atoms with Crippen molar-refractivity contribution < 1.29 is 14.3 Å². The summed E-state index contributed by atoms with van der Waals surface area (Å²) in [6.45, 7) is 2.17. The third kappa shape index (κ3) is 7.00. The number of rotatable bonds is 9. The van der Waals surface area contributed by atoms with Crippen molar-refractivity contribution in [3.8, 4) is 0 Å². The molecular weight excluding hydrogens is 467 g/mol. The molecule has 0 spiro atoms. The van der Waals surface area contributed by atoms with E-state index in [9.17, 15) is 9.59 Å². The van der Waals surface area contributed by atoms with Gasteiger partial charge in [0.2, 0.25) is 0 Å². The molecule has 0 saturated carbocycles. The van der Waals surface area contributed by atoms with Crippen LogP contribution in [0.25, 0.3) is 3.59 Å². The van der Waals surface area contributed by atoms with Crippen molar-refractivity contribution >= 4 is 33.7 Å². The first-order valence-corrected chi connectivity index (χ1v) is 20.0. The van der Waals surface area contributed by atoms with Crippen LogP contribution in [0.3, 0.4) is 0 Å². The Bertz CT molecular complexity index is 875. The van der Waals surface area contributed by atoms with Gasteiger partial charge in [-0.05, 0) is 0 Å². The topological polar surface area (TPSA) is 43.4 Å². The number of Topliss-reactive ketones (excluding diaryl/α,β-unsaturated/α-hetero) is 1. The van der Waals surface area contributed by atoms with Crippen LogP contribution >= 0.6 is 0 Å². The molecule has 0 amide bonds. The number of ether oxygens (including phenoxy) is 1. The number of hydrogen-bond donors (Lipinski definition) is 0. The summed E-state index contributed by atoms with van der Waals surface area (Å²) >= 11 is -2.66. The first-order valence-electron chi connectivity index (χ1n) is 10.0. The van der Waals surface area contributed by atoms with Gasteiger partial charge >= 0.3 is 179 Å². The molecule has 0 aliphatic carbocycles. The summed E-state index contributed by atoms with van der Waals surface area (Å²) in [5.74, 6) is -0.182. The van der Waals surface area contributed by atoms with Crippen molar-refractivity contribution in [3.63, 3.8) is 0 Å². The van der Waals surface area contributed by atoms with Gasteiger partial charge in [0.1, 0.15) is 0 Å². The summed E-state index contributed by atoms with van der Waals surface area (Å²) < 4.78 is 6.56. The Morgan fingerprint density at radius 1 is 0.828 bits per heavy atom. The Hall–Kier alpha value is -2.14. The van der Waals surface area contributed by atoms with Gasteiger partial charge in [-0.3, -0.25) is 0 Å². The normalized spacial score (nSPS) is 12.6. The fourth-order valence-corrected chi connectivity index (χ4v) is 9.42. The Labute approximate surface area is 178 Å². The van der Waals surface area contributed by atoms with E-state index in [-0.39, 0.29) is 11.8 Å². The fourth-order valence-electron chi connectivity index (χ4n) is 3.30. The fraction of sp³-hybridized carbons (Fsp3) is 0.280. The molecule has 0 heterocycles. The summed E-state index contributed by atoms with van der Waals surface area (Å²) in [7, 11) is 0. The molecule has 2 aromatic carbocycles. The van der Waals surface area contributed by atoms with Gasteiger partial charge in [0.25, 0.3) is 0 Å². The summed E-state index contributed by atoms with van der Waals surface area (Å²) in [4.78, 5) is 32.0. The van der Waals surface area contributed by atoms with Gasteiger partial charge in [0.05, 0.1) is 0 Å². The molecule has 0 unspecified atom stereocenters. The van der Waals surface area contributed by atoms with E-state index in [0.29, 0.717) is 25.0 Å². The number of hydrogen-bond acceptors (Lipinski definition) is 3. The zero-order chi connectivity index (χ0) is 21.3. The third-order valence-corrected chi connectivity index (χ3v) is 10.5. The van der Waals surface area contributed by atoms with Crippen LogP contribution in [0.2, 0.25) is 14.8 Å². The van der Waals surface area contributed by atoms with Crippen molar-refractivity contribution in [2.24, 2.45) is 0 Å². The quantitative estimate of drug-likeness (QED) is 0.138. The van der Waals surface area contributed by atoms with Crippen LogP contribution in [0.5, 0.6) is 0 Å². The zero-order valence-electron chi connectivity index (χ0n) is 17.8. The molecule has 4 heteroatoms. The van der Waals surface area contributed by atoms with E-state index in [1.165, 1.54) is 3.59 Å². The molecule has 0 bridgehead atoms. The average molecular weight is 497 g/mol. The van der Waals surface area contributed by atoms with Gasteiger partial charge in [-0.2, -0.15) is 0 Å². The standard InChI is InChI=1S/C22H21O3.3CH3.Sn/c1-2-25-22(24)20(17-18-11-5-3-6-12-18)15-9-10-16-21(23)19-13-7-4-8-14-19;;;;/h3-14H,2,15-16H2,1H3;3*1H3;/b10-9+,20-17?;;;;. The van der Waals surface area contributed by atoms with Crippen LogP contribution in [0.1, 0.15) is 35.7 Å². The van der Waals surface area contributed by atoms with Crippen molar-refractivity contribution in [2.45, 2.75) is 34.6 Å². The second-order valence-corrected chi connectivity index (χ2v) is 22.1. The number of ketones is 1. The van der Waals surface area contributed by atoms with Crippen LogP contribution in [-0.2, 0) is 9.53 Å². The van der Waals surface area contributed by atoms with Crippen LogP contribution in [0, 0.1) is 0 Å². The third-order valence-electron chi connectivity index (χ3n) is 4.52. The summed E-state index contributed by atoms with van der Waals surface area (Å²) in [6.07, 6.45) is 4.57. The maximum atomic E-state index is 12.8. The molecule has 0 aromatic heterocycles. The Balaban J connectivity index is 2.30. The van der Waals surface area contributed by atoms with Crippen molar-refractivity contribution in [1.29, 1.82) is 0 Å². The SMILES string of the molecule is CCOC(=O)/C(C/C=C/CC(=O)c1ccccc1)=[C](\c1ccccc1)[Sn]([CH3])([CH3])[CH3]. The van der Waals surface area contributed by atoms with Gasteiger partial charge in [-0.15, -0.1) is 0 Å². The van der Waals surface area contributed by atoms with Crippen LogP contribution in [0.4, 0.5) is 0 Å². The van der Waals surface area contributed by atoms with E-state index in [1.54, 1.807) is 0 Å². The molecular formula is C25H30O3Sn. The van der Waals surface area contributed by atoms with E-state index in [1.807, 2.05) is 67.6 Å². The molecule has 0 N–H and O–H groups in total. The number of esters is 1. The molecule has 2 rings (SSSR count). The predicted octanol–water partition coefficient (Wildman–Crippen LogP) is 6.10. The summed E-state index contributed by atoms with van der Waals surface area (Å²) in [5, 5.41) is 0. The van der Waals surface area contributed by atoms with Crippen LogP contribution < -0.4 is 0 Å². The summed E-state index contributed by atoms with van der Waals surface area (Å²) in [5.41, 5.74) is 2.53.